The van der Waals surface area contributed by atoms with Crippen LogP contribution in [0.2, 0.25) is 0 Å². The van der Waals surface area contributed by atoms with Crippen molar-refractivity contribution in [3.63, 3.8) is 0 Å². The molecule has 4 nitrogen and oxygen atoms in total. The fraction of sp³-hybridized carbons (Fsp3) is 0.958. The van der Waals surface area contributed by atoms with E-state index in [-0.39, 0.29) is 5.41 Å². The SMILES string of the molecule is C[C@H](CCC=O)[C@H]1CC[C@H]2[C@@H]3CC[C@@H]4CC(O)(O)C(O)C[C@]4(C)[C@H]3CC[C@]12C. The first-order valence-corrected chi connectivity index (χ1v) is 11.7. The monoisotopic (exact) mass is 392 g/mol. The Balaban J connectivity index is 1.55. The van der Waals surface area contributed by atoms with E-state index >= 15 is 0 Å². The number of aliphatic hydroxyl groups is 3. The zero-order valence-electron chi connectivity index (χ0n) is 17.9. The summed E-state index contributed by atoms with van der Waals surface area (Å²) in [6, 6.07) is 0. The molecule has 0 bridgehead atoms. The van der Waals surface area contributed by atoms with Crippen molar-refractivity contribution >= 4 is 6.29 Å². The molecule has 3 N–H and O–H groups in total. The van der Waals surface area contributed by atoms with Crippen molar-refractivity contribution in [2.75, 3.05) is 0 Å². The molecule has 0 saturated heterocycles. The summed E-state index contributed by atoms with van der Waals surface area (Å²) < 4.78 is 0. The Morgan fingerprint density at radius 1 is 1.00 bits per heavy atom. The van der Waals surface area contributed by atoms with Gasteiger partial charge in [-0.25, -0.2) is 0 Å². The predicted octanol–water partition coefficient (Wildman–Crippen LogP) is 3.91. The van der Waals surface area contributed by atoms with Crippen LogP contribution in [0, 0.1) is 46.3 Å². The first-order chi connectivity index (χ1) is 13.1. The summed E-state index contributed by atoms with van der Waals surface area (Å²) in [4.78, 5) is 10.9. The first kappa shape index (κ1) is 20.8. The lowest BCUT2D eigenvalue weighted by atomic mass is 9.44. The molecule has 0 radical (unpaired) electrons. The molecule has 160 valence electrons. The number of fused-ring (bicyclic) bond motifs is 5. The highest BCUT2D eigenvalue weighted by Gasteiger charge is 2.62. The van der Waals surface area contributed by atoms with E-state index < -0.39 is 11.9 Å². The molecule has 0 amide bonds. The molecular formula is C24H40O4. The van der Waals surface area contributed by atoms with E-state index in [0.29, 0.717) is 48.3 Å². The summed E-state index contributed by atoms with van der Waals surface area (Å²) in [5.74, 6) is 1.79. The van der Waals surface area contributed by atoms with Gasteiger partial charge in [0.25, 0.3) is 0 Å². The van der Waals surface area contributed by atoms with Crippen LogP contribution in [0.25, 0.3) is 0 Å². The van der Waals surface area contributed by atoms with Gasteiger partial charge in [0.2, 0.25) is 0 Å². The molecule has 9 atom stereocenters. The van der Waals surface area contributed by atoms with Crippen molar-refractivity contribution in [2.24, 2.45) is 46.3 Å². The van der Waals surface area contributed by atoms with Crippen LogP contribution in [0.3, 0.4) is 0 Å². The van der Waals surface area contributed by atoms with Crippen LogP contribution >= 0.6 is 0 Å². The average molecular weight is 393 g/mol. The van der Waals surface area contributed by atoms with Crippen LogP contribution in [0.5, 0.6) is 0 Å². The van der Waals surface area contributed by atoms with Crippen molar-refractivity contribution in [2.45, 2.75) is 96.9 Å². The van der Waals surface area contributed by atoms with Gasteiger partial charge in [-0.1, -0.05) is 20.8 Å². The van der Waals surface area contributed by atoms with E-state index in [4.69, 9.17) is 0 Å². The van der Waals surface area contributed by atoms with Gasteiger partial charge in [0.15, 0.2) is 5.79 Å². The van der Waals surface area contributed by atoms with E-state index in [1.54, 1.807) is 0 Å². The maximum atomic E-state index is 10.9. The minimum atomic E-state index is -1.91. The van der Waals surface area contributed by atoms with Crippen LogP contribution in [-0.4, -0.2) is 33.5 Å². The summed E-state index contributed by atoms with van der Waals surface area (Å²) in [6.07, 6.45) is 9.91. The lowest BCUT2D eigenvalue weighted by molar-refractivity contribution is -0.284. The van der Waals surface area contributed by atoms with Crippen molar-refractivity contribution in [1.29, 1.82) is 0 Å². The Morgan fingerprint density at radius 3 is 2.43 bits per heavy atom. The zero-order valence-corrected chi connectivity index (χ0v) is 17.9. The molecule has 0 spiro atoms. The third-order valence-electron chi connectivity index (χ3n) is 10.3. The molecule has 4 saturated carbocycles. The first-order valence-electron chi connectivity index (χ1n) is 11.7. The predicted molar refractivity (Wildman–Crippen MR) is 108 cm³/mol. The molecule has 4 rings (SSSR count). The smallest absolute Gasteiger partial charge is 0.189 e. The van der Waals surface area contributed by atoms with Crippen molar-refractivity contribution < 1.29 is 20.1 Å². The average Bonchev–Trinajstić information content (AvgIpc) is 2.98. The van der Waals surface area contributed by atoms with Crippen LogP contribution in [0.4, 0.5) is 0 Å². The minimum absolute atomic E-state index is 0.0276. The standard InChI is InChI=1S/C24H40O4/c1-15(5-4-12-25)18-8-9-19-17-7-6-16-13-24(27,28)21(26)14-23(16,3)20(17)10-11-22(18,19)2/h12,15-21,26-28H,4-11,13-14H2,1-3H3/t15-,16-,17+,18-,19+,20+,21?,22-,23+/m1/s1. The maximum Gasteiger partial charge on any atom is 0.189 e. The number of carbonyl (C=O) groups excluding carboxylic acids is 1. The molecule has 4 fully saturated rings. The van der Waals surface area contributed by atoms with Gasteiger partial charge >= 0.3 is 0 Å². The topological polar surface area (TPSA) is 77.8 Å². The number of rotatable bonds is 4. The lowest BCUT2D eigenvalue weighted by Crippen LogP contribution is -2.60. The van der Waals surface area contributed by atoms with E-state index in [2.05, 4.69) is 20.8 Å². The van der Waals surface area contributed by atoms with Crippen LogP contribution in [0.15, 0.2) is 0 Å². The molecule has 4 heteroatoms. The Kier molecular flexibility index (Phi) is 5.25. The van der Waals surface area contributed by atoms with E-state index in [1.807, 2.05) is 0 Å². The molecule has 4 aliphatic rings. The third-order valence-corrected chi connectivity index (χ3v) is 10.3. The second-order valence-electron chi connectivity index (χ2n) is 11.4. The van der Waals surface area contributed by atoms with Gasteiger partial charge in [-0.05, 0) is 97.7 Å². The van der Waals surface area contributed by atoms with Gasteiger partial charge in [-0.2, -0.15) is 0 Å². The highest BCUT2D eigenvalue weighted by Crippen LogP contribution is 2.68. The van der Waals surface area contributed by atoms with Gasteiger partial charge in [0, 0.05) is 12.8 Å². The van der Waals surface area contributed by atoms with Crippen molar-refractivity contribution in [3.8, 4) is 0 Å². The number of aldehydes is 1. The number of aliphatic hydroxyl groups excluding tert-OH is 1. The Morgan fingerprint density at radius 2 is 1.71 bits per heavy atom. The molecule has 0 aromatic heterocycles. The van der Waals surface area contributed by atoms with Crippen molar-refractivity contribution in [3.05, 3.63) is 0 Å². The van der Waals surface area contributed by atoms with Gasteiger partial charge in [0.05, 0.1) is 0 Å². The fourth-order valence-corrected chi connectivity index (χ4v) is 8.77. The lowest BCUT2D eigenvalue weighted by Gasteiger charge is -2.62. The molecular weight excluding hydrogens is 352 g/mol. The molecule has 28 heavy (non-hydrogen) atoms. The van der Waals surface area contributed by atoms with E-state index in [9.17, 15) is 20.1 Å². The second-order valence-corrected chi connectivity index (χ2v) is 11.4. The Hall–Kier alpha value is -0.450. The Bertz CT molecular complexity index is 603. The zero-order chi connectivity index (χ0) is 20.3. The summed E-state index contributed by atoms with van der Waals surface area (Å²) >= 11 is 0. The van der Waals surface area contributed by atoms with Crippen LogP contribution < -0.4 is 0 Å². The molecule has 4 aliphatic carbocycles. The highest BCUT2D eigenvalue weighted by molar-refractivity contribution is 5.49. The van der Waals surface area contributed by atoms with Gasteiger partial charge < -0.3 is 20.1 Å². The van der Waals surface area contributed by atoms with E-state index in [0.717, 1.165) is 31.0 Å². The highest BCUT2D eigenvalue weighted by atomic mass is 16.5. The van der Waals surface area contributed by atoms with Gasteiger partial charge in [0.1, 0.15) is 12.4 Å². The molecule has 0 aromatic carbocycles. The largest absolute Gasteiger partial charge is 0.388 e. The number of hydrogen-bond acceptors (Lipinski definition) is 4. The molecule has 0 aliphatic heterocycles. The van der Waals surface area contributed by atoms with Crippen molar-refractivity contribution in [1.82, 2.24) is 0 Å². The van der Waals surface area contributed by atoms with Gasteiger partial charge in [-0.15, -0.1) is 0 Å². The number of carbonyl (C=O) groups is 1. The normalized spacial score (nSPS) is 50.9. The van der Waals surface area contributed by atoms with Crippen LogP contribution in [0.1, 0.15) is 85.0 Å². The second kappa shape index (κ2) is 7.06. The van der Waals surface area contributed by atoms with E-state index in [1.165, 1.54) is 32.1 Å². The number of hydrogen-bond donors (Lipinski definition) is 3. The Labute approximate surface area is 170 Å². The summed E-state index contributed by atoms with van der Waals surface area (Å²) in [6.45, 7) is 7.21. The minimum Gasteiger partial charge on any atom is -0.388 e. The van der Waals surface area contributed by atoms with Gasteiger partial charge in [-0.3, -0.25) is 0 Å². The summed E-state index contributed by atoms with van der Waals surface area (Å²) in [5.41, 5.74) is 0.414. The third kappa shape index (κ3) is 3.01. The molecule has 0 heterocycles. The summed E-state index contributed by atoms with van der Waals surface area (Å²) in [5, 5.41) is 30.9. The molecule has 1 unspecified atom stereocenters. The summed E-state index contributed by atoms with van der Waals surface area (Å²) in [7, 11) is 0. The quantitative estimate of drug-likeness (QED) is 0.501. The molecule has 0 aromatic rings. The van der Waals surface area contributed by atoms with Crippen LogP contribution in [-0.2, 0) is 4.79 Å². The maximum absolute atomic E-state index is 10.9. The fourth-order valence-electron chi connectivity index (χ4n) is 8.77.